The van der Waals surface area contributed by atoms with Gasteiger partial charge in [0.05, 0.1) is 6.04 Å². The molecule has 1 N–H and O–H groups in total. The Bertz CT molecular complexity index is 1220. The van der Waals surface area contributed by atoms with E-state index in [2.05, 4.69) is 10.3 Å². The van der Waals surface area contributed by atoms with Crippen LogP contribution in [0.15, 0.2) is 70.1 Å². The minimum absolute atomic E-state index is 0.0300. The fraction of sp³-hybridized carbons (Fsp3) is 0.217. The first-order valence-electron chi connectivity index (χ1n) is 9.74. The number of hydrogen-bond donors (Lipinski definition) is 1. The third-order valence-electron chi connectivity index (χ3n) is 5.95. The largest absolute Gasteiger partial charge is 0.456 e. The van der Waals surface area contributed by atoms with Gasteiger partial charge in [0, 0.05) is 36.8 Å². The van der Waals surface area contributed by atoms with Gasteiger partial charge in [-0.2, -0.15) is 0 Å². The van der Waals surface area contributed by atoms with Gasteiger partial charge in [-0.25, -0.2) is 0 Å². The zero-order chi connectivity index (χ0) is 20.9. The molecule has 2 unspecified atom stereocenters. The van der Waals surface area contributed by atoms with Crippen LogP contribution in [0.5, 0.6) is 0 Å². The van der Waals surface area contributed by atoms with E-state index >= 15 is 0 Å². The lowest BCUT2D eigenvalue weighted by atomic mass is 9.73. The highest BCUT2D eigenvalue weighted by molar-refractivity contribution is 6.08. The second-order valence-electron chi connectivity index (χ2n) is 7.68. The lowest BCUT2D eigenvalue weighted by Crippen LogP contribution is -2.42. The Morgan fingerprint density at radius 1 is 1.20 bits per heavy atom. The number of hydrogen-bond acceptors (Lipinski definition) is 5. The summed E-state index contributed by atoms with van der Waals surface area (Å²) in [7, 11) is 0. The quantitative estimate of drug-likeness (QED) is 0.713. The maximum Gasteiger partial charge on any atom is 0.290 e. The van der Waals surface area contributed by atoms with Crippen molar-refractivity contribution < 1.29 is 14.0 Å². The number of nitrogens with one attached hydrogen (secondary N) is 1. The van der Waals surface area contributed by atoms with Gasteiger partial charge >= 0.3 is 0 Å². The summed E-state index contributed by atoms with van der Waals surface area (Å²) in [6.45, 7) is 1.97. The molecule has 2 aliphatic rings. The second-order valence-corrected chi connectivity index (χ2v) is 7.68. The van der Waals surface area contributed by atoms with Crippen LogP contribution in [0.4, 0.5) is 5.69 Å². The predicted molar refractivity (Wildman–Crippen MR) is 109 cm³/mol. The molecular formula is C23H19N3O4. The van der Waals surface area contributed by atoms with Gasteiger partial charge in [-0.15, -0.1) is 0 Å². The second kappa shape index (κ2) is 6.66. The number of para-hydroxylation sites is 1. The number of anilines is 1. The molecule has 5 rings (SSSR count). The standard InChI is InChI=1S/C23H19N3O4/c1-14-11-16(27)12-19(30-14)21(28)26-10-8-23(20(26)15-5-4-9-24-13-15)17-6-2-3-7-18(17)25-22(23)29/h2-7,9,11-13,20H,8,10H2,1H3,(H,25,29). The molecule has 2 aromatic heterocycles. The number of rotatable bonds is 2. The Morgan fingerprint density at radius 2 is 2.03 bits per heavy atom. The molecule has 2 atom stereocenters. The van der Waals surface area contributed by atoms with Crippen molar-refractivity contribution in [1.29, 1.82) is 0 Å². The number of carbonyl (C=O) groups excluding carboxylic acids is 2. The normalized spacial score (nSPS) is 22.2. The molecule has 1 aromatic carbocycles. The molecule has 0 radical (unpaired) electrons. The number of pyridine rings is 1. The highest BCUT2D eigenvalue weighted by atomic mass is 16.3. The number of likely N-dealkylation sites (tertiary alicyclic amines) is 1. The van der Waals surface area contributed by atoms with Crippen LogP contribution >= 0.6 is 0 Å². The van der Waals surface area contributed by atoms with Crippen molar-refractivity contribution >= 4 is 17.5 Å². The van der Waals surface area contributed by atoms with E-state index in [1.54, 1.807) is 30.3 Å². The van der Waals surface area contributed by atoms with Gasteiger partial charge in [0.15, 0.2) is 11.2 Å². The number of aryl methyl sites for hydroxylation is 1. The van der Waals surface area contributed by atoms with Crippen molar-refractivity contribution in [3.8, 4) is 0 Å². The third-order valence-corrected chi connectivity index (χ3v) is 5.95. The zero-order valence-corrected chi connectivity index (χ0v) is 16.3. The molecule has 0 bridgehead atoms. The summed E-state index contributed by atoms with van der Waals surface area (Å²) >= 11 is 0. The average molecular weight is 401 g/mol. The first-order valence-corrected chi connectivity index (χ1v) is 9.74. The first-order chi connectivity index (χ1) is 14.5. The van der Waals surface area contributed by atoms with Crippen LogP contribution < -0.4 is 10.7 Å². The van der Waals surface area contributed by atoms with E-state index in [-0.39, 0.29) is 17.1 Å². The molecular weight excluding hydrogens is 382 g/mol. The Labute approximate surface area is 172 Å². The van der Waals surface area contributed by atoms with Crippen LogP contribution in [-0.4, -0.2) is 28.2 Å². The van der Waals surface area contributed by atoms with Gasteiger partial charge in [-0.1, -0.05) is 24.3 Å². The van der Waals surface area contributed by atoms with Crippen LogP contribution in [0.2, 0.25) is 0 Å². The average Bonchev–Trinajstić information content (AvgIpc) is 3.27. The van der Waals surface area contributed by atoms with E-state index in [9.17, 15) is 14.4 Å². The molecule has 4 heterocycles. The summed E-state index contributed by atoms with van der Waals surface area (Å²) in [6.07, 6.45) is 3.79. The van der Waals surface area contributed by atoms with Crippen molar-refractivity contribution in [2.75, 3.05) is 11.9 Å². The Morgan fingerprint density at radius 3 is 2.80 bits per heavy atom. The van der Waals surface area contributed by atoms with Crippen molar-refractivity contribution in [2.24, 2.45) is 0 Å². The topological polar surface area (TPSA) is 92.5 Å². The molecule has 1 spiro atoms. The maximum atomic E-state index is 13.4. The number of benzene rings is 1. The van der Waals surface area contributed by atoms with E-state index in [0.29, 0.717) is 18.7 Å². The number of aromatic nitrogens is 1. The summed E-state index contributed by atoms with van der Waals surface area (Å²) < 4.78 is 5.56. The fourth-order valence-electron chi connectivity index (χ4n) is 4.76. The highest BCUT2D eigenvalue weighted by Crippen LogP contribution is 2.54. The zero-order valence-electron chi connectivity index (χ0n) is 16.3. The molecule has 1 saturated heterocycles. The minimum Gasteiger partial charge on any atom is -0.456 e. The van der Waals surface area contributed by atoms with E-state index in [1.807, 2.05) is 30.3 Å². The van der Waals surface area contributed by atoms with Gasteiger partial charge in [-0.3, -0.25) is 19.4 Å². The first kappa shape index (κ1) is 18.3. The number of nitrogens with zero attached hydrogens (tertiary/aromatic N) is 2. The van der Waals surface area contributed by atoms with E-state index in [1.165, 1.54) is 12.1 Å². The third kappa shape index (κ3) is 2.58. The van der Waals surface area contributed by atoms with Crippen molar-refractivity contribution in [3.63, 3.8) is 0 Å². The van der Waals surface area contributed by atoms with Crippen molar-refractivity contribution in [1.82, 2.24) is 9.88 Å². The lowest BCUT2D eigenvalue weighted by Gasteiger charge is -2.34. The molecule has 0 aliphatic carbocycles. The van der Waals surface area contributed by atoms with Crippen molar-refractivity contribution in [2.45, 2.75) is 24.8 Å². The van der Waals surface area contributed by atoms with Gasteiger partial charge in [0.2, 0.25) is 5.91 Å². The van der Waals surface area contributed by atoms with E-state index in [4.69, 9.17) is 4.42 Å². The number of amides is 2. The van der Waals surface area contributed by atoms with Crippen LogP contribution in [0.25, 0.3) is 0 Å². The monoisotopic (exact) mass is 401 g/mol. The summed E-state index contributed by atoms with van der Waals surface area (Å²) in [4.78, 5) is 44.5. The smallest absolute Gasteiger partial charge is 0.290 e. The molecule has 3 aromatic rings. The lowest BCUT2D eigenvalue weighted by molar-refractivity contribution is -0.121. The molecule has 30 heavy (non-hydrogen) atoms. The Balaban J connectivity index is 1.68. The van der Waals surface area contributed by atoms with Crippen LogP contribution in [0, 0.1) is 6.92 Å². The van der Waals surface area contributed by atoms with E-state index < -0.39 is 17.4 Å². The number of fused-ring (bicyclic) bond motifs is 2. The van der Waals surface area contributed by atoms with Crippen LogP contribution in [0.3, 0.4) is 0 Å². The SMILES string of the molecule is Cc1cc(=O)cc(C(=O)N2CCC3(C(=O)Nc4ccccc43)C2c2cccnc2)o1. The summed E-state index contributed by atoms with van der Waals surface area (Å²) in [6, 6.07) is 13.2. The molecule has 7 heteroatoms. The molecule has 2 amide bonds. The number of carbonyl (C=O) groups is 2. The summed E-state index contributed by atoms with van der Waals surface area (Å²) in [5.74, 6) is -0.225. The maximum absolute atomic E-state index is 13.4. The molecule has 7 nitrogen and oxygen atoms in total. The van der Waals surface area contributed by atoms with Gasteiger partial charge < -0.3 is 14.6 Å². The molecule has 1 fully saturated rings. The molecule has 0 saturated carbocycles. The Hall–Kier alpha value is -3.74. The van der Waals surface area contributed by atoms with Crippen LogP contribution in [0.1, 0.15) is 39.9 Å². The van der Waals surface area contributed by atoms with Crippen LogP contribution in [-0.2, 0) is 10.2 Å². The summed E-state index contributed by atoms with van der Waals surface area (Å²) in [5, 5.41) is 2.98. The fourth-order valence-corrected chi connectivity index (χ4v) is 4.76. The summed E-state index contributed by atoms with van der Waals surface area (Å²) in [5.41, 5.74) is 1.15. The van der Waals surface area contributed by atoms with E-state index in [0.717, 1.165) is 16.8 Å². The minimum atomic E-state index is -0.931. The van der Waals surface area contributed by atoms with Crippen molar-refractivity contribution in [3.05, 3.63) is 93.8 Å². The molecule has 2 aliphatic heterocycles. The highest BCUT2D eigenvalue weighted by Gasteiger charge is 2.59. The predicted octanol–water partition coefficient (Wildman–Crippen LogP) is 2.82. The van der Waals surface area contributed by atoms with Gasteiger partial charge in [-0.05, 0) is 36.6 Å². The Kier molecular flexibility index (Phi) is 4.06. The molecule has 150 valence electrons. The van der Waals surface area contributed by atoms with Gasteiger partial charge in [0.25, 0.3) is 5.91 Å². The van der Waals surface area contributed by atoms with Gasteiger partial charge in [0.1, 0.15) is 11.2 Å².